The summed E-state index contributed by atoms with van der Waals surface area (Å²) in [6.45, 7) is 1.34. The maximum absolute atomic E-state index is 12.8. The van der Waals surface area contributed by atoms with E-state index in [0.717, 1.165) is 18.4 Å². The molecule has 0 spiro atoms. The van der Waals surface area contributed by atoms with Gasteiger partial charge in [0.2, 0.25) is 5.91 Å². The van der Waals surface area contributed by atoms with Crippen molar-refractivity contribution < 1.29 is 4.79 Å². The van der Waals surface area contributed by atoms with E-state index in [0.29, 0.717) is 48.0 Å². The molecule has 0 unspecified atom stereocenters. The van der Waals surface area contributed by atoms with Crippen molar-refractivity contribution in [3.63, 3.8) is 0 Å². The van der Waals surface area contributed by atoms with E-state index in [2.05, 4.69) is 15.4 Å². The Kier molecular flexibility index (Phi) is 5.94. The lowest BCUT2D eigenvalue weighted by Gasteiger charge is -2.10. The predicted molar refractivity (Wildman–Crippen MR) is 112 cm³/mol. The van der Waals surface area contributed by atoms with E-state index in [4.69, 9.17) is 11.6 Å². The SMILES string of the molecule is O=C(CC1CCCC1)NCCn1ncc2c(=O)n(Cc3cccc(Cl)c3)cnc21. The summed E-state index contributed by atoms with van der Waals surface area (Å²) in [5.74, 6) is 0.616. The molecule has 1 saturated carbocycles. The van der Waals surface area contributed by atoms with E-state index in [1.807, 2.05) is 18.2 Å². The molecule has 0 radical (unpaired) electrons. The number of hydrogen-bond donors (Lipinski definition) is 1. The number of hydrogen-bond acceptors (Lipinski definition) is 4. The lowest BCUT2D eigenvalue weighted by Crippen LogP contribution is -2.29. The first kappa shape index (κ1) is 19.6. The zero-order valence-electron chi connectivity index (χ0n) is 16.2. The van der Waals surface area contributed by atoms with Gasteiger partial charge in [-0.05, 0) is 36.5 Å². The van der Waals surface area contributed by atoms with Crippen LogP contribution in [0.15, 0.2) is 41.6 Å². The predicted octanol–water partition coefficient (Wildman–Crippen LogP) is 2.99. The van der Waals surface area contributed by atoms with E-state index >= 15 is 0 Å². The second kappa shape index (κ2) is 8.78. The highest BCUT2D eigenvalue weighted by molar-refractivity contribution is 6.30. The van der Waals surface area contributed by atoms with Gasteiger partial charge in [-0.25, -0.2) is 9.67 Å². The summed E-state index contributed by atoms with van der Waals surface area (Å²) in [6, 6.07) is 7.40. The Morgan fingerprint density at radius 2 is 2.10 bits per heavy atom. The number of aromatic nitrogens is 4. The van der Waals surface area contributed by atoms with Gasteiger partial charge < -0.3 is 5.32 Å². The quantitative estimate of drug-likeness (QED) is 0.645. The third-order valence-electron chi connectivity index (χ3n) is 5.46. The molecule has 4 rings (SSSR count). The van der Waals surface area contributed by atoms with Gasteiger partial charge in [0, 0.05) is 18.0 Å². The first-order valence-electron chi connectivity index (χ1n) is 10.0. The third-order valence-corrected chi connectivity index (χ3v) is 5.69. The van der Waals surface area contributed by atoms with Crippen LogP contribution in [0.25, 0.3) is 11.0 Å². The molecule has 29 heavy (non-hydrogen) atoms. The van der Waals surface area contributed by atoms with E-state index in [9.17, 15) is 9.59 Å². The number of amides is 1. The zero-order chi connectivity index (χ0) is 20.2. The average molecular weight is 414 g/mol. The molecule has 0 aliphatic heterocycles. The van der Waals surface area contributed by atoms with Crippen LogP contribution in [0, 0.1) is 5.92 Å². The van der Waals surface area contributed by atoms with Crippen molar-refractivity contribution in [3.8, 4) is 0 Å². The Balaban J connectivity index is 1.40. The average Bonchev–Trinajstić information content (AvgIpc) is 3.34. The summed E-state index contributed by atoms with van der Waals surface area (Å²) in [7, 11) is 0. The van der Waals surface area contributed by atoms with Gasteiger partial charge in [-0.1, -0.05) is 36.6 Å². The number of carbonyl (C=O) groups excluding carboxylic acids is 1. The molecule has 1 fully saturated rings. The standard InChI is InChI=1S/C21H24ClN5O2/c22-17-7-3-6-16(10-17)13-26-14-24-20-18(21(26)29)12-25-27(20)9-8-23-19(28)11-15-4-1-2-5-15/h3,6-7,10,12,14-15H,1-2,4-5,8-9,11,13H2,(H,23,28). The van der Waals surface area contributed by atoms with Crippen LogP contribution in [0.3, 0.4) is 0 Å². The minimum absolute atomic E-state index is 0.0881. The molecule has 1 aliphatic rings. The van der Waals surface area contributed by atoms with Crippen LogP contribution >= 0.6 is 11.6 Å². The molecule has 0 saturated heterocycles. The molecule has 152 valence electrons. The van der Waals surface area contributed by atoms with Gasteiger partial charge in [0.15, 0.2) is 5.65 Å². The summed E-state index contributed by atoms with van der Waals surface area (Å²) in [5.41, 5.74) is 1.31. The summed E-state index contributed by atoms with van der Waals surface area (Å²) < 4.78 is 3.21. The summed E-state index contributed by atoms with van der Waals surface area (Å²) >= 11 is 6.02. The molecule has 2 heterocycles. The van der Waals surface area contributed by atoms with Crippen molar-refractivity contribution >= 4 is 28.5 Å². The lowest BCUT2D eigenvalue weighted by atomic mass is 10.0. The molecule has 3 aromatic rings. The van der Waals surface area contributed by atoms with Gasteiger partial charge in [0.25, 0.3) is 5.56 Å². The van der Waals surface area contributed by atoms with Crippen molar-refractivity contribution in [1.82, 2.24) is 24.6 Å². The van der Waals surface area contributed by atoms with E-state index < -0.39 is 0 Å². The molecule has 1 aromatic carbocycles. The largest absolute Gasteiger partial charge is 0.354 e. The Morgan fingerprint density at radius 3 is 2.90 bits per heavy atom. The summed E-state index contributed by atoms with van der Waals surface area (Å²) in [6.07, 6.45) is 8.45. The highest BCUT2D eigenvalue weighted by Crippen LogP contribution is 2.27. The van der Waals surface area contributed by atoms with Gasteiger partial charge in [-0.15, -0.1) is 0 Å². The highest BCUT2D eigenvalue weighted by atomic mass is 35.5. The monoisotopic (exact) mass is 413 g/mol. The fraction of sp³-hybridized carbons (Fsp3) is 0.429. The van der Waals surface area contributed by atoms with E-state index in [1.54, 1.807) is 21.5 Å². The second-order valence-corrected chi connectivity index (χ2v) is 8.05. The lowest BCUT2D eigenvalue weighted by molar-refractivity contribution is -0.122. The molecule has 8 heteroatoms. The Labute approximate surface area is 173 Å². The molecule has 1 N–H and O–H groups in total. The van der Waals surface area contributed by atoms with E-state index in [-0.39, 0.29) is 11.5 Å². The third kappa shape index (κ3) is 4.67. The number of carbonyl (C=O) groups is 1. The normalized spacial score (nSPS) is 14.5. The van der Waals surface area contributed by atoms with Crippen molar-refractivity contribution in [2.75, 3.05) is 6.54 Å². The Hall–Kier alpha value is -2.67. The maximum atomic E-state index is 12.8. The van der Waals surface area contributed by atoms with Crippen molar-refractivity contribution in [3.05, 3.63) is 57.7 Å². The van der Waals surface area contributed by atoms with Crippen LogP contribution in [-0.4, -0.2) is 31.8 Å². The smallest absolute Gasteiger partial charge is 0.264 e. The number of benzene rings is 1. The minimum Gasteiger partial charge on any atom is -0.354 e. The molecule has 0 atom stereocenters. The first-order valence-corrected chi connectivity index (χ1v) is 10.4. The first-order chi connectivity index (χ1) is 14.1. The van der Waals surface area contributed by atoms with Crippen molar-refractivity contribution in [1.29, 1.82) is 0 Å². The number of rotatable bonds is 7. The number of halogens is 1. The van der Waals surface area contributed by atoms with Crippen LogP contribution in [0.4, 0.5) is 0 Å². The number of fused-ring (bicyclic) bond motifs is 1. The Morgan fingerprint density at radius 1 is 1.28 bits per heavy atom. The summed E-state index contributed by atoms with van der Waals surface area (Å²) in [4.78, 5) is 29.3. The van der Waals surface area contributed by atoms with E-state index in [1.165, 1.54) is 19.2 Å². The highest BCUT2D eigenvalue weighted by Gasteiger charge is 2.18. The fourth-order valence-electron chi connectivity index (χ4n) is 3.96. The van der Waals surface area contributed by atoms with Gasteiger partial charge in [0.1, 0.15) is 11.7 Å². The van der Waals surface area contributed by atoms with Crippen molar-refractivity contribution in [2.45, 2.75) is 45.2 Å². The van der Waals surface area contributed by atoms with Crippen LogP contribution in [0.1, 0.15) is 37.7 Å². The molecular formula is C21H24ClN5O2. The topological polar surface area (TPSA) is 81.8 Å². The molecule has 7 nitrogen and oxygen atoms in total. The van der Waals surface area contributed by atoms with Gasteiger partial charge in [-0.2, -0.15) is 5.10 Å². The number of nitrogens with one attached hydrogen (secondary N) is 1. The van der Waals surface area contributed by atoms with Crippen LogP contribution < -0.4 is 10.9 Å². The molecular weight excluding hydrogens is 390 g/mol. The fourth-order valence-corrected chi connectivity index (χ4v) is 4.17. The minimum atomic E-state index is -0.147. The Bertz CT molecular complexity index is 1070. The van der Waals surface area contributed by atoms with Crippen LogP contribution in [0.5, 0.6) is 0 Å². The second-order valence-electron chi connectivity index (χ2n) is 7.62. The van der Waals surface area contributed by atoms with Crippen molar-refractivity contribution in [2.24, 2.45) is 5.92 Å². The molecule has 0 bridgehead atoms. The van der Waals surface area contributed by atoms with Gasteiger partial charge in [0.05, 0.1) is 19.3 Å². The number of nitrogens with zero attached hydrogens (tertiary/aromatic N) is 4. The summed E-state index contributed by atoms with van der Waals surface area (Å²) in [5, 5.41) is 8.34. The maximum Gasteiger partial charge on any atom is 0.264 e. The van der Waals surface area contributed by atoms with Gasteiger partial charge in [-0.3, -0.25) is 14.2 Å². The van der Waals surface area contributed by atoms with Crippen LogP contribution in [-0.2, 0) is 17.9 Å². The van der Waals surface area contributed by atoms with Crippen LogP contribution in [0.2, 0.25) is 5.02 Å². The van der Waals surface area contributed by atoms with Gasteiger partial charge >= 0.3 is 0 Å². The zero-order valence-corrected chi connectivity index (χ0v) is 16.9. The molecule has 2 aromatic heterocycles. The molecule has 1 amide bonds. The molecule has 1 aliphatic carbocycles.